The highest BCUT2D eigenvalue weighted by atomic mass is 32.2. The van der Waals surface area contributed by atoms with E-state index in [0.717, 1.165) is 37.3 Å². The van der Waals surface area contributed by atoms with Crippen LogP contribution in [0.25, 0.3) is 10.2 Å². The molecule has 0 radical (unpaired) electrons. The second-order valence-electron chi connectivity index (χ2n) is 7.23. The standard InChI is InChI=1S/C19H22N4O4S3/c1-12-15(13(2)27-22-12)11-28-19-21-16-4-3-14(9-17(16)29-19)20-18(24)10-23-5-7-30(25,26)8-6-23/h3-4,9H,5-8,10-11H2,1-2H3,(H,20,24). The molecule has 4 rings (SSSR count). The summed E-state index contributed by atoms with van der Waals surface area (Å²) in [5.41, 5.74) is 3.60. The Morgan fingerprint density at radius 1 is 1.30 bits per heavy atom. The van der Waals surface area contributed by atoms with Crippen LogP contribution in [0.4, 0.5) is 5.69 Å². The van der Waals surface area contributed by atoms with Crippen molar-refractivity contribution in [2.24, 2.45) is 0 Å². The fraction of sp³-hybridized carbons (Fsp3) is 0.421. The van der Waals surface area contributed by atoms with Crippen molar-refractivity contribution >= 4 is 54.7 Å². The number of benzene rings is 1. The van der Waals surface area contributed by atoms with Gasteiger partial charge < -0.3 is 9.84 Å². The number of fused-ring (bicyclic) bond motifs is 1. The number of nitrogens with zero attached hydrogens (tertiary/aromatic N) is 3. The number of sulfone groups is 1. The molecule has 0 bridgehead atoms. The highest BCUT2D eigenvalue weighted by Crippen LogP contribution is 2.34. The van der Waals surface area contributed by atoms with Gasteiger partial charge in [0.2, 0.25) is 5.91 Å². The van der Waals surface area contributed by atoms with Crippen LogP contribution in [0.1, 0.15) is 17.0 Å². The molecule has 160 valence electrons. The van der Waals surface area contributed by atoms with Crippen molar-refractivity contribution in [2.45, 2.75) is 23.9 Å². The van der Waals surface area contributed by atoms with Crippen LogP contribution in [0.2, 0.25) is 0 Å². The normalized spacial score (nSPS) is 16.7. The highest BCUT2D eigenvalue weighted by Gasteiger charge is 2.23. The summed E-state index contributed by atoms with van der Waals surface area (Å²) in [6, 6.07) is 5.66. The lowest BCUT2D eigenvalue weighted by Crippen LogP contribution is -2.43. The van der Waals surface area contributed by atoms with Gasteiger partial charge in [-0.1, -0.05) is 16.9 Å². The average Bonchev–Trinajstić information content (AvgIpc) is 3.24. The number of hydrogen-bond acceptors (Lipinski definition) is 9. The van der Waals surface area contributed by atoms with E-state index in [-0.39, 0.29) is 24.0 Å². The molecule has 8 nitrogen and oxygen atoms in total. The fourth-order valence-corrected chi connectivity index (χ4v) is 6.73. The molecule has 1 amide bonds. The highest BCUT2D eigenvalue weighted by molar-refractivity contribution is 8.00. The van der Waals surface area contributed by atoms with Crippen LogP contribution in [-0.2, 0) is 20.4 Å². The summed E-state index contributed by atoms with van der Waals surface area (Å²) in [6.45, 7) is 4.83. The molecule has 1 saturated heterocycles. The number of anilines is 1. The first-order valence-electron chi connectivity index (χ1n) is 9.47. The maximum Gasteiger partial charge on any atom is 0.238 e. The van der Waals surface area contributed by atoms with Crippen molar-refractivity contribution in [2.75, 3.05) is 36.5 Å². The van der Waals surface area contributed by atoms with E-state index >= 15 is 0 Å². The summed E-state index contributed by atoms with van der Waals surface area (Å²) in [5, 5.41) is 6.88. The van der Waals surface area contributed by atoms with Gasteiger partial charge in [0, 0.05) is 30.1 Å². The molecule has 1 aromatic carbocycles. The SMILES string of the molecule is Cc1noc(C)c1CSc1nc2ccc(NC(=O)CN3CCS(=O)(=O)CC3)cc2s1. The van der Waals surface area contributed by atoms with Gasteiger partial charge in [0.25, 0.3) is 0 Å². The maximum atomic E-state index is 12.3. The summed E-state index contributed by atoms with van der Waals surface area (Å²) < 4.78 is 30.2. The molecule has 2 aromatic heterocycles. The van der Waals surface area contributed by atoms with Crippen molar-refractivity contribution in [1.82, 2.24) is 15.0 Å². The van der Waals surface area contributed by atoms with Crippen LogP contribution in [0.5, 0.6) is 0 Å². The quantitative estimate of drug-likeness (QED) is 0.553. The summed E-state index contributed by atoms with van der Waals surface area (Å²) in [7, 11) is -2.95. The maximum absolute atomic E-state index is 12.3. The number of aryl methyl sites for hydroxylation is 2. The van der Waals surface area contributed by atoms with Crippen molar-refractivity contribution in [3.8, 4) is 0 Å². The number of rotatable bonds is 6. The lowest BCUT2D eigenvalue weighted by Gasteiger charge is -2.25. The van der Waals surface area contributed by atoms with E-state index in [0.29, 0.717) is 18.8 Å². The minimum atomic E-state index is -2.95. The third kappa shape index (κ3) is 5.02. The zero-order chi connectivity index (χ0) is 21.3. The van der Waals surface area contributed by atoms with Gasteiger partial charge in [-0.25, -0.2) is 13.4 Å². The van der Waals surface area contributed by atoms with Crippen LogP contribution < -0.4 is 5.32 Å². The van der Waals surface area contributed by atoms with E-state index in [1.807, 2.05) is 36.9 Å². The zero-order valence-corrected chi connectivity index (χ0v) is 19.1. The number of thiazole rings is 1. The molecule has 0 aliphatic carbocycles. The van der Waals surface area contributed by atoms with Gasteiger partial charge in [0.1, 0.15) is 5.76 Å². The van der Waals surface area contributed by atoms with E-state index in [2.05, 4.69) is 15.5 Å². The van der Waals surface area contributed by atoms with Crippen molar-refractivity contribution in [1.29, 1.82) is 0 Å². The lowest BCUT2D eigenvalue weighted by molar-refractivity contribution is -0.117. The summed E-state index contributed by atoms with van der Waals surface area (Å²) >= 11 is 3.22. The minimum Gasteiger partial charge on any atom is -0.361 e. The second kappa shape index (κ2) is 8.66. The molecule has 0 unspecified atom stereocenters. The summed E-state index contributed by atoms with van der Waals surface area (Å²) in [5.74, 6) is 1.66. The third-order valence-electron chi connectivity index (χ3n) is 4.98. The van der Waals surface area contributed by atoms with Gasteiger partial charge in [-0.15, -0.1) is 11.3 Å². The largest absolute Gasteiger partial charge is 0.361 e. The predicted molar refractivity (Wildman–Crippen MR) is 119 cm³/mol. The number of thioether (sulfide) groups is 1. The molecule has 1 N–H and O–H groups in total. The monoisotopic (exact) mass is 466 g/mol. The Labute approximate surface area is 182 Å². The van der Waals surface area contributed by atoms with Crippen LogP contribution in [-0.4, -0.2) is 60.5 Å². The van der Waals surface area contributed by atoms with Crippen molar-refractivity contribution in [3.63, 3.8) is 0 Å². The van der Waals surface area contributed by atoms with Gasteiger partial charge in [-0.05, 0) is 32.0 Å². The topological polar surface area (TPSA) is 105 Å². The number of hydrogen-bond donors (Lipinski definition) is 1. The first-order chi connectivity index (χ1) is 14.3. The van der Waals surface area contributed by atoms with E-state index < -0.39 is 9.84 Å². The number of carbonyl (C=O) groups excluding carboxylic acids is 1. The number of amides is 1. The van der Waals surface area contributed by atoms with Gasteiger partial charge in [0.05, 0.1) is 34.0 Å². The molecule has 1 aliphatic heterocycles. The molecule has 0 spiro atoms. The zero-order valence-electron chi connectivity index (χ0n) is 16.7. The second-order valence-corrected chi connectivity index (χ2v) is 11.8. The van der Waals surface area contributed by atoms with E-state index in [1.54, 1.807) is 23.1 Å². The van der Waals surface area contributed by atoms with Crippen molar-refractivity contribution in [3.05, 3.63) is 35.2 Å². The van der Waals surface area contributed by atoms with E-state index in [9.17, 15) is 13.2 Å². The number of aromatic nitrogens is 2. The predicted octanol–water partition coefficient (Wildman–Crippen LogP) is 2.86. The molecule has 0 atom stereocenters. The summed E-state index contributed by atoms with van der Waals surface area (Å²) in [4.78, 5) is 18.9. The molecular formula is C19H22N4O4S3. The molecule has 0 saturated carbocycles. The Kier molecular flexibility index (Phi) is 6.14. The Morgan fingerprint density at radius 2 is 2.07 bits per heavy atom. The van der Waals surface area contributed by atoms with E-state index in [4.69, 9.17) is 4.52 Å². The van der Waals surface area contributed by atoms with Crippen LogP contribution in [0.15, 0.2) is 27.1 Å². The molecule has 30 heavy (non-hydrogen) atoms. The molecule has 1 fully saturated rings. The van der Waals surface area contributed by atoms with Gasteiger partial charge in [-0.2, -0.15) is 0 Å². The minimum absolute atomic E-state index is 0.113. The summed E-state index contributed by atoms with van der Waals surface area (Å²) in [6.07, 6.45) is 0. The Hall–Kier alpha value is -1.95. The van der Waals surface area contributed by atoms with Gasteiger partial charge in [-0.3, -0.25) is 9.69 Å². The smallest absolute Gasteiger partial charge is 0.238 e. The third-order valence-corrected chi connectivity index (χ3v) is 8.77. The first-order valence-corrected chi connectivity index (χ1v) is 13.1. The molecule has 1 aliphatic rings. The van der Waals surface area contributed by atoms with Crippen molar-refractivity contribution < 1.29 is 17.7 Å². The van der Waals surface area contributed by atoms with Crippen LogP contribution in [0.3, 0.4) is 0 Å². The van der Waals surface area contributed by atoms with Gasteiger partial charge in [0.15, 0.2) is 14.2 Å². The number of carbonyl (C=O) groups is 1. The van der Waals surface area contributed by atoms with Crippen LogP contribution >= 0.6 is 23.1 Å². The Bertz CT molecular complexity index is 1150. The first kappa shape index (κ1) is 21.3. The molecule has 3 aromatic rings. The average molecular weight is 467 g/mol. The number of nitrogens with one attached hydrogen (secondary N) is 1. The Morgan fingerprint density at radius 3 is 2.77 bits per heavy atom. The van der Waals surface area contributed by atoms with Crippen LogP contribution in [0, 0.1) is 13.8 Å². The fourth-order valence-electron chi connectivity index (χ4n) is 3.20. The molecule has 3 heterocycles. The Balaban J connectivity index is 1.37. The molecular weight excluding hydrogens is 444 g/mol. The van der Waals surface area contributed by atoms with E-state index in [1.165, 1.54) is 0 Å². The van der Waals surface area contributed by atoms with Gasteiger partial charge >= 0.3 is 0 Å². The lowest BCUT2D eigenvalue weighted by atomic mass is 10.2. The molecule has 11 heteroatoms.